The van der Waals surface area contributed by atoms with Crippen molar-refractivity contribution >= 4 is 5.96 Å². The lowest BCUT2D eigenvalue weighted by Gasteiger charge is -2.11. The minimum Gasteiger partial charge on any atom is -0.356 e. The highest BCUT2D eigenvalue weighted by molar-refractivity contribution is 5.79. The molecule has 0 saturated heterocycles. The van der Waals surface area contributed by atoms with E-state index in [0.29, 0.717) is 19.0 Å². The molecule has 0 aliphatic carbocycles. The molecule has 0 aliphatic rings. The van der Waals surface area contributed by atoms with Crippen molar-refractivity contribution < 1.29 is 4.39 Å². The van der Waals surface area contributed by atoms with E-state index in [0.717, 1.165) is 17.7 Å². The molecule has 0 bridgehead atoms. The highest BCUT2D eigenvalue weighted by atomic mass is 19.1. The minimum atomic E-state index is -0.204. The normalized spacial score (nSPS) is 11.4. The lowest BCUT2D eigenvalue weighted by atomic mass is 10.1. The molecule has 3 N–H and O–H groups in total. The molecule has 0 fully saturated rings. The van der Waals surface area contributed by atoms with Crippen molar-refractivity contribution in [2.24, 2.45) is 4.99 Å². The van der Waals surface area contributed by atoms with Gasteiger partial charge in [-0.1, -0.05) is 12.1 Å². The summed E-state index contributed by atoms with van der Waals surface area (Å²) < 4.78 is 13.0. The van der Waals surface area contributed by atoms with Gasteiger partial charge in [0.1, 0.15) is 5.82 Å². The molecule has 20 heavy (non-hydrogen) atoms. The highest BCUT2D eigenvalue weighted by Gasteiger charge is 2.00. The number of hydrogen-bond acceptors (Lipinski definition) is 2. The number of nitrogens with one attached hydrogen (secondary N) is 3. The Hall–Kier alpha value is -2.37. The van der Waals surface area contributed by atoms with Gasteiger partial charge >= 0.3 is 0 Å². The van der Waals surface area contributed by atoms with Crippen LogP contribution in [0.25, 0.3) is 0 Å². The Morgan fingerprint density at radius 1 is 1.35 bits per heavy atom. The van der Waals surface area contributed by atoms with Crippen molar-refractivity contribution in [3.63, 3.8) is 0 Å². The zero-order valence-corrected chi connectivity index (χ0v) is 11.4. The molecular formula is C14H18FN5. The van der Waals surface area contributed by atoms with E-state index in [2.05, 4.69) is 25.8 Å². The van der Waals surface area contributed by atoms with E-state index in [1.807, 2.05) is 12.1 Å². The average Bonchev–Trinajstić information content (AvgIpc) is 2.96. The Balaban J connectivity index is 1.74. The van der Waals surface area contributed by atoms with E-state index in [-0.39, 0.29) is 5.82 Å². The average molecular weight is 275 g/mol. The third-order valence-electron chi connectivity index (χ3n) is 2.82. The van der Waals surface area contributed by atoms with Crippen LogP contribution in [-0.2, 0) is 13.0 Å². The van der Waals surface area contributed by atoms with Crippen LogP contribution in [-0.4, -0.2) is 29.7 Å². The van der Waals surface area contributed by atoms with Gasteiger partial charge in [0, 0.05) is 19.8 Å². The number of aromatic amines is 1. The third-order valence-corrected chi connectivity index (χ3v) is 2.82. The van der Waals surface area contributed by atoms with Crippen molar-refractivity contribution in [1.82, 2.24) is 20.8 Å². The zero-order chi connectivity index (χ0) is 14.2. The van der Waals surface area contributed by atoms with E-state index in [4.69, 9.17) is 0 Å². The highest BCUT2D eigenvalue weighted by Crippen LogP contribution is 2.03. The molecule has 6 heteroatoms. The summed E-state index contributed by atoms with van der Waals surface area (Å²) in [4.78, 5) is 4.12. The number of nitrogens with zero attached hydrogens (tertiary/aromatic N) is 2. The topological polar surface area (TPSA) is 65.1 Å². The van der Waals surface area contributed by atoms with E-state index in [1.54, 1.807) is 25.4 Å². The largest absolute Gasteiger partial charge is 0.356 e. The summed E-state index contributed by atoms with van der Waals surface area (Å²) in [5, 5.41) is 13.1. The predicted molar refractivity (Wildman–Crippen MR) is 76.9 cm³/mol. The van der Waals surface area contributed by atoms with Crippen molar-refractivity contribution in [2.45, 2.75) is 13.0 Å². The van der Waals surface area contributed by atoms with Crippen LogP contribution < -0.4 is 10.6 Å². The lowest BCUT2D eigenvalue weighted by Crippen LogP contribution is -2.37. The second-order valence-corrected chi connectivity index (χ2v) is 4.31. The van der Waals surface area contributed by atoms with Gasteiger partial charge < -0.3 is 10.6 Å². The molecule has 0 radical (unpaired) electrons. The fraction of sp³-hybridized carbons (Fsp3) is 0.286. The minimum absolute atomic E-state index is 0.204. The Morgan fingerprint density at radius 3 is 2.95 bits per heavy atom. The van der Waals surface area contributed by atoms with Crippen LogP contribution in [0.1, 0.15) is 11.3 Å². The fourth-order valence-electron chi connectivity index (χ4n) is 1.80. The smallest absolute Gasteiger partial charge is 0.191 e. The summed E-state index contributed by atoms with van der Waals surface area (Å²) in [6.45, 7) is 1.31. The van der Waals surface area contributed by atoms with Gasteiger partial charge in [-0.15, -0.1) is 0 Å². The summed E-state index contributed by atoms with van der Waals surface area (Å²) in [5.41, 5.74) is 1.94. The van der Waals surface area contributed by atoms with Gasteiger partial charge in [0.25, 0.3) is 0 Å². The van der Waals surface area contributed by atoms with E-state index in [1.165, 1.54) is 6.07 Å². The lowest BCUT2D eigenvalue weighted by molar-refractivity contribution is 0.625. The quantitative estimate of drug-likeness (QED) is 0.572. The standard InChI is InChI=1S/C14H18FN5/c1-16-14(18-10-13-6-8-19-20-13)17-7-5-11-3-2-4-12(15)9-11/h2-4,6,8-9H,5,7,10H2,1H3,(H,19,20)(H2,16,17,18). The van der Waals surface area contributed by atoms with Gasteiger partial charge in [-0.3, -0.25) is 10.1 Å². The molecule has 2 aromatic rings. The maximum Gasteiger partial charge on any atom is 0.191 e. The number of aliphatic imine (C=N–C) groups is 1. The van der Waals surface area contributed by atoms with Gasteiger partial charge in [0.15, 0.2) is 5.96 Å². The van der Waals surface area contributed by atoms with Crippen LogP contribution >= 0.6 is 0 Å². The molecule has 1 aromatic carbocycles. The second kappa shape index (κ2) is 7.28. The predicted octanol–water partition coefficient (Wildman–Crippen LogP) is 1.46. The van der Waals surface area contributed by atoms with Crippen molar-refractivity contribution in [3.8, 4) is 0 Å². The molecule has 0 amide bonds. The summed E-state index contributed by atoms with van der Waals surface area (Å²) in [6, 6.07) is 8.51. The first-order chi connectivity index (χ1) is 9.78. The van der Waals surface area contributed by atoms with Crippen LogP contribution in [0.15, 0.2) is 41.5 Å². The van der Waals surface area contributed by atoms with Crippen LogP contribution in [0.4, 0.5) is 4.39 Å². The van der Waals surface area contributed by atoms with E-state index in [9.17, 15) is 4.39 Å². The molecule has 2 rings (SSSR count). The van der Waals surface area contributed by atoms with Gasteiger partial charge in [-0.25, -0.2) is 4.39 Å². The number of guanidine groups is 1. The second-order valence-electron chi connectivity index (χ2n) is 4.31. The molecule has 5 nitrogen and oxygen atoms in total. The van der Waals surface area contributed by atoms with Gasteiger partial charge in [-0.2, -0.15) is 5.10 Å². The van der Waals surface area contributed by atoms with Gasteiger partial charge in [0.2, 0.25) is 0 Å². The van der Waals surface area contributed by atoms with Crippen LogP contribution in [0.2, 0.25) is 0 Å². The van der Waals surface area contributed by atoms with Crippen molar-refractivity contribution in [3.05, 3.63) is 53.6 Å². The maximum atomic E-state index is 13.0. The molecule has 1 heterocycles. The summed E-state index contributed by atoms with van der Waals surface area (Å²) in [7, 11) is 1.71. The molecule has 0 spiro atoms. The molecule has 1 aromatic heterocycles. The summed E-state index contributed by atoms with van der Waals surface area (Å²) in [6.07, 6.45) is 2.44. The SMILES string of the molecule is CN=C(NCCc1cccc(F)c1)NCc1ccn[nH]1. The Morgan fingerprint density at radius 2 is 2.25 bits per heavy atom. The summed E-state index contributed by atoms with van der Waals surface area (Å²) >= 11 is 0. The van der Waals surface area contributed by atoms with Crippen molar-refractivity contribution in [1.29, 1.82) is 0 Å². The number of halogens is 1. The zero-order valence-electron chi connectivity index (χ0n) is 11.4. The Kier molecular flexibility index (Phi) is 5.11. The Bertz CT molecular complexity index is 550. The molecule has 0 unspecified atom stereocenters. The number of hydrogen-bond donors (Lipinski definition) is 3. The molecule has 0 aliphatic heterocycles. The maximum absolute atomic E-state index is 13.0. The molecule has 0 saturated carbocycles. The van der Waals surface area contributed by atoms with Crippen LogP contribution in [0, 0.1) is 5.82 Å². The number of aromatic nitrogens is 2. The molecule has 0 atom stereocenters. The van der Waals surface area contributed by atoms with Crippen LogP contribution in [0.5, 0.6) is 0 Å². The van der Waals surface area contributed by atoms with Crippen molar-refractivity contribution in [2.75, 3.05) is 13.6 Å². The monoisotopic (exact) mass is 275 g/mol. The third kappa shape index (κ3) is 4.38. The van der Waals surface area contributed by atoms with Gasteiger partial charge in [0.05, 0.1) is 12.2 Å². The first-order valence-electron chi connectivity index (χ1n) is 6.45. The fourth-order valence-corrected chi connectivity index (χ4v) is 1.80. The molecule has 106 valence electrons. The Labute approximate surface area is 117 Å². The number of benzene rings is 1. The van der Waals surface area contributed by atoms with E-state index < -0.39 is 0 Å². The van der Waals surface area contributed by atoms with Crippen LogP contribution in [0.3, 0.4) is 0 Å². The number of H-pyrrole nitrogens is 1. The van der Waals surface area contributed by atoms with E-state index >= 15 is 0 Å². The first-order valence-corrected chi connectivity index (χ1v) is 6.45. The first kappa shape index (κ1) is 14.0. The van der Waals surface area contributed by atoms with Gasteiger partial charge in [-0.05, 0) is 30.2 Å². The summed E-state index contributed by atoms with van der Waals surface area (Å²) in [5.74, 6) is 0.500. The number of rotatable bonds is 5. The molecular weight excluding hydrogens is 257 g/mol.